The van der Waals surface area contributed by atoms with Crippen molar-refractivity contribution in [2.24, 2.45) is 5.73 Å². The van der Waals surface area contributed by atoms with Crippen LogP contribution in [0.4, 0.5) is 0 Å². The number of rotatable bonds is 7. The second-order valence-electron chi connectivity index (χ2n) is 5.74. The van der Waals surface area contributed by atoms with Gasteiger partial charge in [-0.1, -0.05) is 0 Å². The minimum Gasteiger partial charge on any atom is -0.377 e. The number of ether oxygens (including phenoxy) is 2. The Morgan fingerprint density at radius 3 is 2.16 bits per heavy atom. The molecule has 112 valence electrons. The fourth-order valence-corrected chi connectivity index (χ4v) is 2.68. The highest BCUT2D eigenvalue weighted by atomic mass is 16.5. The molecule has 1 rings (SSSR count). The van der Waals surface area contributed by atoms with Gasteiger partial charge in [-0.2, -0.15) is 0 Å². The number of nitrogens with one attached hydrogen (secondary N) is 1. The standard InChI is InChI=1S/C13H27N3O3/c1-9(2)15-13(3,12(14)17)8-16-6-10(18-4)11(7-16)19-5/h9-11,15H,6-8H2,1-5H3,(H2,14,17). The van der Waals surface area contributed by atoms with Gasteiger partial charge in [-0.15, -0.1) is 0 Å². The Morgan fingerprint density at radius 1 is 1.37 bits per heavy atom. The molecule has 6 nitrogen and oxygen atoms in total. The van der Waals surface area contributed by atoms with Gasteiger partial charge in [0.25, 0.3) is 0 Å². The molecule has 0 spiro atoms. The largest absolute Gasteiger partial charge is 0.377 e. The molecule has 1 amide bonds. The maximum atomic E-state index is 11.7. The molecular weight excluding hydrogens is 246 g/mol. The fraction of sp³-hybridized carbons (Fsp3) is 0.923. The van der Waals surface area contributed by atoms with Gasteiger partial charge in [0.15, 0.2) is 0 Å². The van der Waals surface area contributed by atoms with E-state index in [-0.39, 0.29) is 24.2 Å². The monoisotopic (exact) mass is 273 g/mol. The average molecular weight is 273 g/mol. The Morgan fingerprint density at radius 2 is 1.84 bits per heavy atom. The third-order valence-corrected chi connectivity index (χ3v) is 3.59. The molecule has 1 heterocycles. The molecule has 6 heteroatoms. The van der Waals surface area contributed by atoms with Crippen LogP contribution < -0.4 is 11.1 Å². The molecule has 0 aromatic rings. The fourth-order valence-electron chi connectivity index (χ4n) is 2.68. The lowest BCUT2D eigenvalue weighted by molar-refractivity contribution is -0.124. The first-order chi connectivity index (χ1) is 8.82. The molecule has 1 saturated heterocycles. The Labute approximate surface area is 115 Å². The number of amides is 1. The number of primary amides is 1. The van der Waals surface area contributed by atoms with E-state index in [2.05, 4.69) is 10.2 Å². The van der Waals surface area contributed by atoms with Crippen LogP contribution in [0.5, 0.6) is 0 Å². The third-order valence-electron chi connectivity index (χ3n) is 3.59. The molecule has 3 N–H and O–H groups in total. The van der Waals surface area contributed by atoms with Crippen molar-refractivity contribution in [2.45, 2.75) is 44.6 Å². The molecule has 3 atom stereocenters. The lowest BCUT2D eigenvalue weighted by atomic mass is 9.99. The van der Waals surface area contributed by atoms with Gasteiger partial charge in [-0.3, -0.25) is 9.69 Å². The summed E-state index contributed by atoms with van der Waals surface area (Å²) >= 11 is 0. The Hall–Kier alpha value is -0.690. The van der Waals surface area contributed by atoms with Gasteiger partial charge < -0.3 is 20.5 Å². The summed E-state index contributed by atoms with van der Waals surface area (Å²) in [6.07, 6.45) is 0.0855. The molecule has 0 aliphatic carbocycles. The molecule has 1 aliphatic rings. The zero-order chi connectivity index (χ0) is 14.6. The number of hydrogen-bond donors (Lipinski definition) is 2. The summed E-state index contributed by atoms with van der Waals surface area (Å²) in [7, 11) is 3.36. The van der Waals surface area contributed by atoms with E-state index >= 15 is 0 Å². The molecule has 3 unspecified atom stereocenters. The highest BCUT2D eigenvalue weighted by Crippen LogP contribution is 2.18. The number of methoxy groups -OCH3 is 2. The number of nitrogens with zero attached hydrogens (tertiary/aromatic N) is 1. The summed E-state index contributed by atoms with van der Waals surface area (Å²) in [4.78, 5) is 13.9. The maximum absolute atomic E-state index is 11.7. The number of carbonyl (C=O) groups excluding carboxylic acids is 1. The maximum Gasteiger partial charge on any atom is 0.238 e. The summed E-state index contributed by atoms with van der Waals surface area (Å²) < 4.78 is 10.8. The SMILES string of the molecule is COC1CN(CC(C)(NC(C)C)C(N)=O)CC1OC. The van der Waals surface area contributed by atoms with Crippen LogP contribution in [-0.4, -0.2) is 68.4 Å². The average Bonchev–Trinajstić information content (AvgIpc) is 2.69. The zero-order valence-corrected chi connectivity index (χ0v) is 12.6. The van der Waals surface area contributed by atoms with E-state index in [0.29, 0.717) is 6.54 Å². The Balaban J connectivity index is 2.68. The van der Waals surface area contributed by atoms with Gasteiger partial charge in [-0.05, 0) is 20.8 Å². The first-order valence-corrected chi connectivity index (χ1v) is 6.68. The quantitative estimate of drug-likeness (QED) is 0.658. The topological polar surface area (TPSA) is 76.8 Å². The van der Waals surface area contributed by atoms with Crippen LogP contribution in [0.1, 0.15) is 20.8 Å². The van der Waals surface area contributed by atoms with Crippen molar-refractivity contribution >= 4 is 5.91 Å². The van der Waals surface area contributed by atoms with Crippen LogP contribution in [-0.2, 0) is 14.3 Å². The van der Waals surface area contributed by atoms with Crippen molar-refractivity contribution < 1.29 is 14.3 Å². The van der Waals surface area contributed by atoms with Gasteiger partial charge in [0, 0.05) is 39.9 Å². The molecule has 0 saturated carbocycles. The molecule has 0 aromatic heterocycles. The molecule has 0 radical (unpaired) electrons. The van der Waals surface area contributed by atoms with Gasteiger partial charge in [0.05, 0.1) is 12.2 Å². The zero-order valence-electron chi connectivity index (χ0n) is 12.6. The number of nitrogens with two attached hydrogens (primary N) is 1. The molecular formula is C13H27N3O3. The summed E-state index contributed by atoms with van der Waals surface area (Å²) in [5, 5.41) is 3.25. The highest BCUT2D eigenvalue weighted by molar-refractivity contribution is 5.84. The van der Waals surface area contributed by atoms with Crippen molar-refractivity contribution in [1.82, 2.24) is 10.2 Å². The van der Waals surface area contributed by atoms with Gasteiger partial charge in [-0.25, -0.2) is 0 Å². The lowest BCUT2D eigenvalue weighted by Gasteiger charge is -2.33. The Kier molecular flexibility index (Phi) is 5.73. The molecule has 1 aliphatic heterocycles. The summed E-state index contributed by atoms with van der Waals surface area (Å²) in [5.74, 6) is -0.337. The first-order valence-electron chi connectivity index (χ1n) is 6.68. The molecule has 1 fully saturated rings. The van der Waals surface area contributed by atoms with Crippen molar-refractivity contribution in [3.05, 3.63) is 0 Å². The normalized spacial score (nSPS) is 27.7. The smallest absolute Gasteiger partial charge is 0.238 e. The van der Waals surface area contributed by atoms with E-state index in [1.165, 1.54) is 0 Å². The van der Waals surface area contributed by atoms with Crippen molar-refractivity contribution in [3.63, 3.8) is 0 Å². The number of carbonyl (C=O) groups is 1. The van der Waals surface area contributed by atoms with Crippen molar-refractivity contribution in [1.29, 1.82) is 0 Å². The van der Waals surface area contributed by atoms with E-state index in [4.69, 9.17) is 15.2 Å². The number of likely N-dealkylation sites (tertiary alicyclic amines) is 1. The van der Waals surface area contributed by atoms with Crippen LogP contribution >= 0.6 is 0 Å². The molecule has 19 heavy (non-hydrogen) atoms. The summed E-state index contributed by atoms with van der Waals surface area (Å²) in [6, 6.07) is 0.191. The summed E-state index contributed by atoms with van der Waals surface area (Å²) in [5.41, 5.74) is 4.80. The highest BCUT2D eigenvalue weighted by Gasteiger charge is 2.39. The second kappa shape index (κ2) is 6.65. The minimum absolute atomic E-state index is 0.0428. The predicted octanol–water partition coefficient (Wildman–Crippen LogP) is -0.426. The van der Waals surface area contributed by atoms with E-state index in [0.717, 1.165) is 13.1 Å². The van der Waals surface area contributed by atoms with E-state index < -0.39 is 5.54 Å². The minimum atomic E-state index is -0.741. The van der Waals surface area contributed by atoms with Crippen LogP contribution in [0.25, 0.3) is 0 Å². The van der Waals surface area contributed by atoms with Gasteiger partial charge >= 0.3 is 0 Å². The van der Waals surface area contributed by atoms with E-state index in [9.17, 15) is 4.79 Å². The first kappa shape index (κ1) is 16.4. The second-order valence-corrected chi connectivity index (χ2v) is 5.74. The Bertz CT molecular complexity index is 300. The van der Waals surface area contributed by atoms with Crippen LogP contribution in [0.15, 0.2) is 0 Å². The van der Waals surface area contributed by atoms with Crippen LogP contribution in [0, 0.1) is 0 Å². The number of hydrogen-bond acceptors (Lipinski definition) is 5. The molecule has 0 bridgehead atoms. The third kappa shape index (κ3) is 4.14. The van der Waals surface area contributed by atoms with Crippen molar-refractivity contribution in [3.8, 4) is 0 Å². The van der Waals surface area contributed by atoms with E-state index in [1.54, 1.807) is 14.2 Å². The molecule has 0 aromatic carbocycles. The predicted molar refractivity (Wildman–Crippen MR) is 73.9 cm³/mol. The lowest BCUT2D eigenvalue weighted by Crippen LogP contribution is -2.61. The van der Waals surface area contributed by atoms with Gasteiger partial charge in [0.1, 0.15) is 5.54 Å². The van der Waals surface area contributed by atoms with E-state index in [1.807, 2.05) is 20.8 Å². The summed E-state index contributed by atoms with van der Waals surface area (Å²) in [6.45, 7) is 7.90. The van der Waals surface area contributed by atoms with Crippen molar-refractivity contribution in [2.75, 3.05) is 33.9 Å². The van der Waals surface area contributed by atoms with Crippen LogP contribution in [0.3, 0.4) is 0 Å². The van der Waals surface area contributed by atoms with Crippen LogP contribution in [0.2, 0.25) is 0 Å². The van der Waals surface area contributed by atoms with Gasteiger partial charge in [0.2, 0.25) is 5.91 Å².